The first kappa shape index (κ1) is 38.3. The van der Waals surface area contributed by atoms with Crippen LogP contribution in [0.25, 0.3) is 11.1 Å². The number of benzene rings is 3. The van der Waals surface area contributed by atoms with Crippen molar-refractivity contribution in [2.24, 2.45) is 11.3 Å². The molecular weight excluding hydrogens is 604 g/mol. The van der Waals surface area contributed by atoms with E-state index in [-0.39, 0.29) is 30.9 Å². The Morgan fingerprint density at radius 1 is 0.812 bits per heavy atom. The second-order valence-electron chi connectivity index (χ2n) is 14.5. The maximum absolute atomic E-state index is 13.9. The van der Waals surface area contributed by atoms with E-state index in [9.17, 15) is 14.4 Å². The van der Waals surface area contributed by atoms with Gasteiger partial charge in [0.05, 0.1) is 26.2 Å². The lowest BCUT2D eigenvalue weighted by molar-refractivity contribution is -0.157. The van der Waals surface area contributed by atoms with E-state index in [1.807, 2.05) is 69.3 Å². The summed E-state index contributed by atoms with van der Waals surface area (Å²) in [5.41, 5.74) is 4.13. The Hall–Kier alpha value is -4.17. The van der Waals surface area contributed by atoms with Crippen LogP contribution in [0.4, 0.5) is 0 Å². The third kappa shape index (κ3) is 11.8. The highest BCUT2D eigenvalue weighted by atomic mass is 16.6. The maximum atomic E-state index is 13.9. The Bertz CT molecular complexity index is 1510. The topological polar surface area (TPSA) is 103 Å². The molecule has 3 aromatic rings. The Labute approximate surface area is 286 Å². The molecule has 0 radical (unpaired) electrons. The summed E-state index contributed by atoms with van der Waals surface area (Å²) in [5, 5.41) is 6.08. The van der Waals surface area contributed by atoms with Crippen LogP contribution in [-0.4, -0.2) is 50.3 Å². The molecule has 3 atom stereocenters. The number of methoxy groups -OCH3 is 2. The molecule has 0 bridgehead atoms. The summed E-state index contributed by atoms with van der Waals surface area (Å²) < 4.78 is 16.4. The van der Waals surface area contributed by atoms with Crippen LogP contribution >= 0.6 is 0 Å². The first-order valence-electron chi connectivity index (χ1n) is 16.7. The van der Waals surface area contributed by atoms with Crippen molar-refractivity contribution in [3.05, 3.63) is 89.5 Å². The van der Waals surface area contributed by atoms with Crippen LogP contribution in [0.1, 0.15) is 83.5 Å². The van der Waals surface area contributed by atoms with E-state index in [1.165, 1.54) is 0 Å². The molecule has 0 aliphatic carbocycles. The van der Waals surface area contributed by atoms with Gasteiger partial charge >= 0.3 is 5.97 Å². The molecule has 1 unspecified atom stereocenters. The SMILES string of the molecule is COCC(NC(=O)[C@@H](NC(=O)[C@H](CCCc1ccc(-c2cccc(OC)c2)c(C)c1)CC(=O)OC(C)(C)C)C(C)(C)C)c1ccccc1. The summed E-state index contributed by atoms with van der Waals surface area (Å²) in [6, 6.07) is 22.7. The summed E-state index contributed by atoms with van der Waals surface area (Å²) in [4.78, 5) is 40.6. The van der Waals surface area contributed by atoms with Crippen molar-refractivity contribution in [1.82, 2.24) is 10.6 Å². The minimum absolute atomic E-state index is 0.0777. The van der Waals surface area contributed by atoms with E-state index in [4.69, 9.17) is 14.2 Å². The number of aryl methyl sites for hydroxylation is 2. The Morgan fingerprint density at radius 2 is 1.52 bits per heavy atom. The molecule has 2 amide bonds. The van der Waals surface area contributed by atoms with Gasteiger partial charge in [0.1, 0.15) is 17.4 Å². The zero-order chi connectivity index (χ0) is 35.5. The standard InChI is InChI=1S/C40H54N2O6/c1-27-23-28(21-22-33(27)30-18-14-20-32(24-30)47-9)15-13-19-31(25-35(43)48-40(5,6)7)37(44)42-36(39(2,3)4)38(45)41-34(26-46-8)29-16-11-10-12-17-29/h10-12,14,16-18,20-24,31,34,36H,13,15,19,25-26H2,1-9H3,(H,41,45)(H,42,44)/t31-,34?,36-/m1/s1. The predicted octanol–water partition coefficient (Wildman–Crippen LogP) is 7.38. The van der Waals surface area contributed by atoms with E-state index < -0.39 is 28.9 Å². The summed E-state index contributed by atoms with van der Waals surface area (Å²) in [6.45, 7) is 13.5. The lowest BCUT2D eigenvalue weighted by Gasteiger charge is -2.33. The quantitative estimate of drug-likeness (QED) is 0.165. The van der Waals surface area contributed by atoms with Gasteiger partial charge in [-0.25, -0.2) is 0 Å². The molecule has 3 rings (SSSR count). The van der Waals surface area contributed by atoms with Crippen molar-refractivity contribution in [2.75, 3.05) is 20.8 Å². The van der Waals surface area contributed by atoms with Gasteiger partial charge in [0.15, 0.2) is 0 Å². The highest BCUT2D eigenvalue weighted by Gasteiger charge is 2.36. The molecule has 0 aliphatic rings. The average molecular weight is 659 g/mol. The molecule has 48 heavy (non-hydrogen) atoms. The van der Waals surface area contributed by atoms with Crippen LogP contribution in [0.2, 0.25) is 0 Å². The molecule has 0 fully saturated rings. The zero-order valence-corrected chi connectivity index (χ0v) is 30.1. The van der Waals surface area contributed by atoms with Crippen LogP contribution in [0, 0.1) is 18.3 Å². The number of carbonyl (C=O) groups is 3. The highest BCUT2D eigenvalue weighted by molar-refractivity contribution is 5.90. The minimum Gasteiger partial charge on any atom is -0.497 e. The molecule has 0 saturated carbocycles. The minimum atomic E-state index is -0.846. The van der Waals surface area contributed by atoms with Gasteiger partial charge in [-0.15, -0.1) is 0 Å². The zero-order valence-electron chi connectivity index (χ0n) is 30.1. The first-order valence-corrected chi connectivity index (χ1v) is 16.7. The van der Waals surface area contributed by atoms with Crippen LogP contribution in [0.15, 0.2) is 72.8 Å². The molecule has 0 aliphatic heterocycles. The Balaban J connectivity index is 1.76. The fraction of sp³-hybridized carbons (Fsp3) is 0.475. The third-order valence-corrected chi connectivity index (χ3v) is 8.16. The largest absolute Gasteiger partial charge is 0.497 e. The van der Waals surface area contributed by atoms with E-state index in [2.05, 4.69) is 41.8 Å². The van der Waals surface area contributed by atoms with Gasteiger partial charge in [-0.3, -0.25) is 14.4 Å². The smallest absolute Gasteiger partial charge is 0.307 e. The maximum Gasteiger partial charge on any atom is 0.307 e. The number of carbonyl (C=O) groups excluding carboxylic acids is 3. The second-order valence-corrected chi connectivity index (χ2v) is 14.5. The second kappa shape index (κ2) is 17.3. The average Bonchev–Trinajstić information content (AvgIpc) is 3.01. The Morgan fingerprint density at radius 3 is 2.12 bits per heavy atom. The van der Waals surface area contributed by atoms with Crippen LogP contribution < -0.4 is 15.4 Å². The van der Waals surface area contributed by atoms with Crippen molar-refractivity contribution in [2.45, 2.75) is 91.8 Å². The van der Waals surface area contributed by atoms with Gasteiger partial charge in [0, 0.05) is 13.0 Å². The molecule has 0 saturated heterocycles. The lowest BCUT2D eigenvalue weighted by Crippen LogP contribution is -2.55. The van der Waals surface area contributed by atoms with E-state index in [1.54, 1.807) is 35.0 Å². The highest BCUT2D eigenvalue weighted by Crippen LogP contribution is 2.29. The number of rotatable bonds is 15. The molecule has 0 spiro atoms. The van der Waals surface area contributed by atoms with Crippen LogP contribution in [-0.2, 0) is 30.3 Å². The van der Waals surface area contributed by atoms with Crippen molar-refractivity contribution < 1.29 is 28.6 Å². The monoisotopic (exact) mass is 658 g/mol. The number of hydrogen-bond donors (Lipinski definition) is 2. The summed E-state index contributed by atoms with van der Waals surface area (Å²) >= 11 is 0. The van der Waals surface area contributed by atoms with E-state index in [0.717, 1.165) is 40.0 Å². The molecular formula is C40H54N2O6. The molecule has 8 nitrogen and oxygen atoms in total. The molecule has 0 aromatic heterocycles. The van der Waals surface area contributed by atoms with Crippen LogP contribution in [0.3, 0.4) is 0 Å². The molecule has 0 heterocycles. The number of amides is 2. The number of hydrogen-bond acceptors (Lipinski definition) is 6. The predicted molar refractivity (Wildman–Crippen MR) is 191 cm³/mol. The third-order valence-electron chi connectivity index (χ3n) is 8.16. The van der Waals surface area contributed by atoms with Gasteiger partial charge in [-0.1, -0.05) is 81.4 Å². The van der Waals surface area contributed by atoms with Gasteiger partial charge in [0.2, 0.25) is 11.8 Å². The normalized spacial score (nSPS) is 13.6. The summed E-state index contributed by atoms with van der Waals surface area (Å²) in [7, 11) is 3.25. The van der Waals surface area contributed by atoms with Gasteiger partial charge in [0.25, 0.3) is 0 Å². The van der Waals surface area contributed by atoms with Gasteiger partial charge < -0.3 is 24.8 Å². The summed E-state index contributed by atoms with van der Waals surface area (Å²) in [5.74, 6) is -0.962. The fourth-order valence-corrected chi connectivity index (χ4v) is 5.72. The van der Waals surface area contributed by atoms with E-state index in [0.29, 0.717) is 12.8 Å². The number of nitrogens with one attached hydrogen (secondary N) is 2. The number of ether oxygens (including phenoxy) is 3. The summed E-state index contributed by atoms with van der Waals surface area (Å²) in [6.07, 6.45) is 1.79. The molecule has 260 valence electrons. The van der Waals surface area contributed by atoms with Crippen molar-refractivity contribution in [3.8, 4) is 16.9 Å². The van der Waals surface area contributed by atoms with Crippen molar-refractivity contribution >= 4 is 17.8 Å². The first-order chi connectivity index (χ1) is 22.6. The van der Waals surface area contributed by atoms with Crippen molar-refractivity contribution in [1.29, 1.82) is 0 Å². The fourth-order valence-electron chi connectivity index (χ4n) is 5.72. The number of esters is 1. The molecule has 2 N–H and O–H groups in total. The van der Waals surface area contributed by atoms with E-state index >= 15 is 0 Å². The van der Waals surface area contributed by atoms with Crippen LogP contribution in [0.5, 0.6) is 5.75 Å². The van der Waals surface area contributed by atoms with Gasteiger partial charge in [-0.2, -0.15) is 0 Å². The molecule has 8 heteroatoms. The molecule has 3 aromatic carbocycles. The Kier molecular flexibility index (Phi) is 13.8. The van der Waals surface area contributed by atoms with Gasteiger partial charge in [-0.05, 0) is 92.3 Å². The lowest BCUT2D eigenvalue weighted by atomic mass is 9.85. The van der Waals surface area contributed by atoms with Crippen molar-refractivity contribution in [3.63, 3.8) is 0 Å².